The molecule has 3 saturated carbocycles. The van der Waals surface area contributed by atoms with E-state index in [1.54, 1.807) is 0 Å². The summed E-state index contributed by atoms with van der Waals surface area (Å²) in [7, 11) is 0. The first-order chi connectivity index (χ1) is 7.51. The molecule has 0 radical (unpaired) electrons. The van der Waals surface area contributed by atoms with E-state index in [2.05, 4.69) is 5.32 Å². The van der Waals surface area contributed by atoms with Crippen LogP contribution in [0.5, 0.6) is 0 Å². The van der Waals surface area contributed by atoms with Gasteiger partial charge in [0.1, 0.15) is 0 Å². The first-order valence-electron chi connectivity index (χ1n) is 6.16. The van der Waals surface area contributed by atoms with Gasteiger partial charge in [-0.3, -0.25) is 4.79 Å². The summed E-state index contributed by atoms with van der Waals surface area (Å²) >= 11 is 0. The van der Waals surface area contributed by atoms with Gasteiger partial charge in [0, 0.05) is 25.3 Å². The third-order valence-corrected chi connectivity index (χ3v) is 4.55. The van der Waals surface area contributed by atoms with Crippen molar-refractivity contribution in [2.75, 3.05) is 6.54 Å². The monoisotopic (exact) mass is 229 g/mol. The molecule has 0 aromatic heterocycles. The fraction of sp³-hybridized carbons (Fsp3) is 0.917. The zero-order valence-corrected chi connectivity index (χ0v) is 9.27. The molecule has 3 aliphatic rings. The Morgan fingerprint density at radius 1 is 1.25 bits per heavy atom. The minimum atomic E-state index is -2.61. The summed E-state index contributed by atoms with van der Waals surface area (Å²) in [5.74, 6) is -2.58. The summed E-state index contributed by atoms with van der Waals surface area (Å²) in [5.41, 5.74) is 0.576. The number of nitrogens with one attached hydrogen (secondary N) is 1. The normalized spacial score (nSPS) is 37.4. The van der Waals surface area contributed by atoms with Crippen LogP contribution in [-0.2, 0) is 4.79 Å². The minimum Gasteiger partial charge on any atom is -0.356 e. The Kier molecular flexibility index (Phi) is 2.08. The first kappa shape index (κ1) is 10.5. The van der Waals surface area contributed by atoms with Crippen molar-refractivity contribution in [2.45, 2.75) is 44.4 Å². The van der Waals surface area contributed by atoms with Crippen molar-refractivity contribution < 1.29 is 13.6 Å². The van der Waals surface area contributed by atoms with Crippen LogP contribution in [0.4, 0.5) is 8.78 Å². The highest BCUT2D eigenvalue weighted by Gasteiger charge is 2.62. The average Bonchev–Trinajstić information content (AvgIpc) is 3.10. The largest absolute Gasteiger partial charge is 0.356 e. The molecule has 90 valence electrons. The molecule has 1 spiro atoms. The predicted molar refractivity (Wildman–Crippen MR) is 55.1 cm³/mol. The highest BCUT2D eigenvalue weighted by Crippen LogP contribution is 2.70. The molecule has 0 saturated heterocycles. The van der Waals surface area contributed by atoms with Crippen LogP contribution >= 0.6 is 0 Å². The molecule has 2 unspecified atom stereocenters. The number of rotatable bonds is 3. The molecule has 0 aromatic rings. The lowest BCUT2D eigenvalue weighted by Gasteiger charge is -2.11. The van der Waals surface area contributed by atoms with Crippen molar-refractivity contribution in [2.24, 2.45) is 17.3 Å². The third-order valence-electron chi connectivity index (χ3n) is 4.55. The van der Waals surface area contributed by atoms with Gasteiger partial charge in [0.2, 0.25) is 11.8 Å². The van der Waals surface area contributed by atoms with Gasteiger partial charge in [-0.05, 0) is 37.0 Å². The molecule has 1 amide bonds. The van der Waals surface area contributed by atoms with Crippen molar-refractivity contribution in [1.29, 1.82) is 0 Å². The molecule has 2 nitrogen and oxygen atoms in total. The smallest absolute Gasteiger partial charge is 0.248 e. The number of carbonyl (C=O) groups is 1. The van der Waals surface area contributed by atoms with E-state index in [-0.39, 0.29) is 18.7 Å². The van der Waals surface area contributed by atoms with Crippen LogP contribution in [0, 0.1) is 17.3 Å². The van der Waals surface area contributed by atoms with E-state index in [4.69, 9.17) is 0 Å². The summed E-state index contributed by atoms with van der Waals surface area (Å²) in [6, 6.07) is 0. The molecule has 4 heteroatoms. The fourth-order valence-electron chi connectivity index (χ4n) is 3.04. The van der Waals surface area contributed by atoms with E-state index in [9.17, 15) is 13.6 Å². The van der Waals surface area contributed by atoms with E-state index in [0.29, 0.717) is 24.3 Å². The summed E-state index contributed by atoms with van der Waals surface area (Å²) in [6.45, 7) is 0.709. The Morgan fingerprint density at radius 2 is 2.00 bits per heavy atom. The van der Waals surface area contributed by atoms with Crippen LogP contribution in [0.1, 0.15) is 38.5 Å². The molecule has 16 heavy (non-hydrogen) atoms. The van der Waals surface area contributed by atoms with E-state index in [1.807, 2.05) is 0 Å². The van der Waals surface area contributed by atoms with Crippen LogP contribution in [0.3, 0.4) is 0 Å². The molecule has 1 N–H and O–H groups in total. The van der Waals surface area contributed by atoms with Gasteiger partial charge in [-0.15, -0.1) is 0 Å². The van der Waals surface area contributed by atoms with Gasteiger partial charge in [-0.1, -0.05) is 0 Å². The molecule has 3 rings (SSSR count). The molecule has 0 bridgehead atoms. The molecule has 3 fully saturated rings. The number of carbonyl (C=O) groups excluding carboxylic acids is 1. The van der Waals surface area contributed by atoms with Gasteiger partial charge in [0.05, 0.1) is 0 Å². The molecule has 0 heterocycles. The van der Waals surface area contributed by atoms with Gasteiger partial charge in [0.15, 0.2) is 0 Å². The molecular weight excluding hydrogens is 212 g/mol. The number of hydrogen-bond acceptors (Lipinski definition) is 1. The van der Waals surface area contributed by atoms with E-state index < -0.39 is 11.8 Å². The van der Waals surface area contributed by atoms with E-state index >= 15 is 0 Å². The topological polar surface area (TPSA) is 29.1 Å². The highest BCUT2D eigenvalue weighted by atomic mass is 19.3. The Balaban J connectivity index is 1.43. The summed E-state index contributed by atoms with van der Waals surface area (Å²) in [4.78, 5) is 11.7. The van der Waals surface area contributed by atoms with Crippen molar-refractivity contribution >= 4 is 5.91 Å². The van der Waals surface area contributed by atoms with Crippen molar-refractivity contribution in [1.82, 2.24) is 5.32 Å². The number of amides is 1. The lowest BCUT2D eigenvalue weighted by Crippen LogP contribution is -2.32. The number of halogens is 2. The van der Waals surface area contributed by atoms with Crippen LogP contribution in [0.25, 0.3) is 0 Å². The fourth-order valence-corrected chi connectivity index (χ4v) is 3.04. The zero-order chi connectivity index (χ0) is 11.4. The second-order valence-corrected chi connectivity index (χ2v) is 5.80. The van der Waals surface area contributed by atoms with Crippen molar-refractivity contribution in [3.63, 3.8) is 0 Å². The summed E-state index contributed by atoms with van der Waals surface area (Å²) < 4.78 is 25.8. The molecule has 0 aromatic carbocycles. The Morgan fingerprint density at radius 3 is 2.50 bits per heavy atom. The number of alkyl halides is 2. The van der Waals surface area contributed by atoms with Crippen LogP contribution in [0.2, 0.25) is 0 Å². The maximum Gasteiger partial charge on any atom is 0.248 e. The maximum absolute atomic E-state index is 12.9. The first-order valence-corrected chi connectivity index (χ1v) is 6.16. The number of hydrogen-bond donors (Lipinski definition) is 1. The maximum atomic E-state index is 12.9. The van der Waals surface area contributed by atoms with Crippen LogP contribution < -0.4 is 5.32 Å². The molecule has 3 aliphatic carbocycles. The lowest BCUT2D eigenvalue weighted by atomic mass is 10.1. The predicted octanol–water partition coefficient (Wildman–Crippen LogP) is 2.34. The third kappa shape index (κ3) is 1.82. The summed E-state index contributed by atoms with van der Waals surface area (Å²) in [6.07, 6.45) is 3.79. The average molecular weight is 229 g/mol. The van der Waals surface area contributed by atoms with E-state index in [0.717, 1.165) is 0 Å². The Labute approximate surface area is 93.8 Å². The second-order valence-electron chi connectivity index (χ2n) is 5.80. The van der Waals surface area contributed by atoms with Gasteiger partial charge in [0.25, 0.3) is 0 Å². The Hall–Kier alpha value is -0.670. The molecule has 0 aliphatic heterocycles. The van der Waals surface area contributed by atoms with Crippen LogP contribution in [0.15, 0.2) is 0 Å². The summed E-state index contributed by atoms with van der Waals surface area (Å²) in [5, 5.41) is 2.85. The van der Waals surface area contributed by atoms with Gasteiger partial charge >= 0.3 is 0 Å². The Bertz CT molecular complexity index is 325. The molecule has 2 atom stereocenters. The van der Waals surface area contributed by atoms with Gasteiger partial charge in [-0.2, -0.15) is 0 Å². The van der Waals surface area contributed by atoms with Crippen molar-refractivity contribution in [3.05, 3.63) is 0 Å². The minimum absolute atomic E-state index is 0.127. The highest BCUT2D eigenvalue weighted by molar-refractivity contribution is 5.79. The molecular formula is C12H17F2NO. The SMILES string of the molecule is O=C(NCC1CC12CC2)C1CCC(F)(F)C1. The standard InChI is InChI=1S/C12H17F2NO/c13-12(14)2-1-8(5-12)10(16)15-7-9-6-11(9)3-4-11/h8-9H,1-7H2,(H,15,16). The van der Waals surface area contributed by atoms with Crippen molar-refractivity contribution in [3.8, 4) is 0 Å². The van der Waals surface area contributed by atoms with E-state index in [1.165, 1.54) is 19.3 Å². The lowest BCUT2D eigenvalue weighted by molar-refractivity contribution is -0.125. The van der Waals surface area contributed by atoms with Crippen LogP contribution in [-0.4, -0.2) is 18.4 Å². The quantitative estimate of drug-likeness (QED) is 0.790. The van der Waals surface area contributed by atoms with Gasteiger partial charge in [-0.25, -0.2) is 8.78 Å². The van der Waals surface area contributed by atoms with Gasteiger partial charge < -0.3 is 5.32 Å². The second kappa shape index (κ2) is 3.17. The zero-order valence-electron chi connectivity index (χ0n) is 9.27.